The Hall–Kier alpha value is -0.690. The molecule has 1 aliphatic rings. The molecular formula is C14H20ClFN2O2S. The normalized spacial score (nSPS) is 16.2. The predicted octanol–water partition coefficient (Wildman–Crippen LogP) is 2.67. The zero-order valence-corrected chi connectivity index (χ0v) is 13.9. The Labute approximate surface area is 130 Å². The van der Waals surface area contributed by atoms with Crippen molar-refractivity contribution in [1.29, 1.82) is 0 Å². The highest BCUT2D eigenvalue weighted by Crippen LogP contribution is 2.40. The molecule has 0 amide bonds. The zero-order chi connectivity index (χ0) is 15.8. The molecule has 0 saturated heterocycles. The first-order valence-electron chi connectivity index (χ1n) is 6.84. The molecule has 1 aromatic rings. The van der Waals surface area contributed by atoms with Crippen molar-refractivity contribution in [2.24, 2.45) is 5.92 Å². The quantitative estimate of drug-likeness (QED) is 0.841. The summed E-state index contributed by atoms with van der Waals surface area (Å²) in [6, 6.07) is 2.58. The first-order chi connectivity index (χ1) is 9.67. The van der Waals surface area contributed by atoms with Gasteiger partial charge in [-0.1, -0.05) is 11.6 Å². The van der Waals surface area contributed by atoms with Crippen LogP contribution in [0.25, 0.3) is 0 Å². The fraction of sp³-hybridized carbons (Fsp3) is 0.571. The molecule has 1 aliphatic carbocycles. The summed E-state index contributed by atoms with van der Waals surface area (Å²) in [7, 11) is -2.30. The second-order valence-electron chi connectivity index (χ2n) is 6.01. The van der Waals surface area contributed by atoms with E-state index in [-0.39, 0.29) is 17.1 Å². The Balaban J connectivity index is 2.39. The lowest BCUT2D eigenvalue weighted by Crippen LogP contribution is -2.45. The number of nitrogens with one attached hydrogen (secondary N) is 2. The van der Waals surface area contributed by atoms with Gasteiger partial charge >= 0.3 is 0 Å². The molecule has 0 bridgehead atoms. The van der Waals surface area contributed by atoms with Gasteiger partial charge in [0.05, 0.1) is 0 Å². The smallest absolute Gasteiger partial charge is 0.244 e. The van der Waals surface area contributed by atoms with E-state index in [2.05, 4.69) is 10.0 Å². The van der Waals surface area contributed by atoms with Crippen LogP contribution in [-0.4, -0.2) is 21.0 Å². The van der Waals surface area contributed by atoms with Crippen molar-refractivity contribution in [3.8, 4) is 0 Å². The van der Waals surface area contributed by atoms with Gasteiger partial charge in [-0.2, -0.15) is 0 Å². The summed E-state index contributed by atoms with van der Waals surface area (Å²) in [6.45, 7) is 3.85. The minimum atomic E-state index is -3.95. The molecule has 118 valence electrons. The van der Waals surface area contributed by atoms with E-state index in [0.717, 1.165) is 18.9 Å². The van der Waals surface area contributed by atoms with E-state index in [1.807, 2.05) is 13.8 Å². The highest BCUT2D eigenvalue weighted by Gasteiger charge is 2.41. The van der Waals surface area contributed by atoms with Crippen LogP contribution in [0.2, 0.25) is 5.02 Å². The number of hydrogen-bond acceptors (Lipinski definition) is 3. The van der Waals surface area contributed by atoms with Crippen molar-refractivity contribution in [1.82, 2.24) is 10.0 Å². The summed E-state index contributed by atoms with van der Waals surface area (Å²) in [4.78, 5) is -0.394. The van der Waals surface area contributed by atoms with E-state index >= 15 is 0 Å². The van der Waals surface area contributed by atoms with Gasteiger partial charge in [0.2, 0.25) is 10.0 Å². The zero-order valence-electron chi connectivity index (χ0n) is 12.3. The molecule has 2 rings (SSSR count). The van der Waals surface area contributed by atoms with Crippen molar-refractivity contribution in [2.75, 3.05) is 7.05 Å². The predicted molar refractivity (Wildman–Crippen MR) is 81.3 cm³/mol. The molecule has 0 unspecified atom stereocenters. The molecule has 2 N–H and O–H groups in total. The van der Waals surface area contributed by atoms with Gasteiger partial charge in [0, 0.05) is 22.7 Å². The lowest BCUT2D eigenvalue weighted by Gasteiger charge is -2.26. The van der Waals surface area contributed by atoms with Crippen LogP contribution < -0.4 is 10.0 Å². The molecular weight excluding hydrogens is 315 g/mol. The van der Waals surface area contributed by atoms with E-state index < -0.39 is 26.3 Å². The van der Waals surface area contributed by atoms with Gasteiger partial charge in [-0.15, -0.1) is 0 Å². The van der Waals surface area contributed by atoms with Gasteiger partial charge in [0.1, 0.15) is 10.7 Å². The third-order valence-electron chi connectivity index (χ3n) is 3.73. The molecule has 1 fully saturated rings. The molecule has 0 spiro atoms. The first-order valence-corrected chi connectivity index (χ1v) is 8.70. The van der Waals surface area contributed by atoms with Crippen molar-refractivity contribution in [3.05, 3.63) is 28.5 Å². The Morgan fingerprint density at radius 1 is 1.38 bits per heavy atom. The van der Waals surface area contributed by atoms with E-state index in [4.69, 9.17) is 11.6 Å². The maximum Gasteiger partial charge on any atom is 0.244 e. The minimum absolute atomic E-state index is 0.200. The van der Waals surface area contributed by atoms with Crippen molar-refractivity contribution < 1.29 is 12.8 Å². The number of sulfonamides is 1. The molecule has 0 radical (unpaired) electrons. The van der Waals surface area contributed by atoms with Gasteiger partial charge in [-0.25, -0.2) is 17.5 Å². The Morgan fingerprint density at radius 2 is 2.00 bits per heavy atom. The lowest BCUT2D eigenvalue weighted by molar-refractivity contribution is 0.399. The van der Waals surface area contributed by atoms with Crippen LogP contribution in [0, 0.1) is 11.7 Å². The first kappa shape index (κ1) is 16.7. The third-order valence-corrected chi connectivity index (χ3v) is 5.62. The molecule has 21 heavy (non-hydrogen) atoms. The summed E-state index contributed by atoms with van der Waals surface area (Å²) in [5.74, 6) is -0.459. The van der Waals surface area contributed by atoms with Crippen LogP contribution >= 0.6 is 11.6 Å². The topological polar surface area (TPSA) is 58.2 Å². The lowest BCUT2D eigenvalue weighted by atomic mass is 10.0. The second kappa shape index (κ2) is 5.83. The fourth-order valence-corrected chi connectivity index (χ4v) is 4.35. The molecule has 1 saturated carbocycles. The van der Waals surface area contributed by atoms with Crippen LogP contribution in [0.4, 0.5) is 4.39 Å². The molecule has 4 nitrogen and oxygen atoms in total. The summed E-state index contributed by atoms with van der Waals surface area (Å²) >= 11 is 5.92. The third kappa shape index (κ3) is 3.74. The molecule has 1 aromatic carbocycles. The maximum atomic E-state index is 14.4. The maximum absolute atomic E-state index is 14.4. The molecule has 0 aromatic heterocycles. The van der Waals surface area contributed by atoms with Gasteiger partial charge in [-0.3, -0.25) is 0 Å². The number of halogens is 2. The average Bonchev–Trinajstić information content (AvgIpc) is 3.16. The van der Waals surface area contributed by atoms with E-state index in [9.17, 15) is 12.8 Å². The molecule has 7 heteroatoms. The van der Waals surface area contributed by atoms with Gasteiger partial charge in [0.15, 0.2) is 0 Å². The molecule has 0 aliphatic heterocycles. The number of hydrogen-bond donors (Lipinski definition) is 2. The standard InChI is InChI=1S/C14H20ClFN2O2S/c1-14(2,10-4-5-10)18-21(19,20)12-7-11(15)6-9(8-17-3)13(12)16/h6-7,10,17-18H,4-5,8H2,1-3H3. The van der Waals surface area contributed by atoms with Crippen LogP contribution in [0.5, 0.6) is 0 Å². The van der Waals surface area contributed by atoms with Crippen molar-refractivity contribution in [2.45, 2.75) is 43.7 Å². The summed E-state index contributed by atoms with van der Waals surface area (Å²) in [5, 5.41) is 2.99. The van der Waals surface area contributed by atoms with Crippen molar-refractivity contribution >= 4 is 21.6 Å². The monoisotopic (exact) mass is 334 g/mol. The summed E-state index contributed by atoms with van der Waals surface area (Å²) in [5.41, 5.74) is -0.355. The Bertz CT molecular complexity index is 643. The van der Waals surface area contributed by atoms with Crippen molar-refractivity contribution in [3.63, 3.8) is 0 Å². The van der Waals surface area contributed by atoms with Gasteiger partial charge in [0.25, 0.3) is 0 Å². The Morgan fingerprint density at radius 3 is 2.52 bits per heavy atom. The van der Waals surface area contributed by atoms with E-state index in [0.29, 0.717) is 5.92 Å². The van der Waals surface area contributed by atoms with E-state index in [1.54, 1.807) is 7.05 Å². The summed E-state index contributed by atoms with van der Waals surface area (Å²) in [6.07, 6.45) is 1.97. The number of benzene rings is 1. The van der Waals surface area contributed by atoms with Gasteiger partial charge < -0.3 is 5.32 Å². The number of rotatable bonds is 6. The second-order valence-corrected chi connectivity index (χ2v) is 8.10. The molecule has 0 atom stereocenters. The highest BCUT2D eigenvalue weighted by atomic mass is 35.5. The summed E-state index contributed by atoms with van der Waals surface area (Å²) < 4.78 is 42.0. The van der Waals surface area contributed by atoms with Crippen LogP contribution in [0.3, 0.4) is 0 Å². The van der Waals surface area contributed by atoms with Crippen LogP contribution in [0.1, 0.15) is 32.3 Å². The highest BCUT2D eigenvalue weighted by molar-refractivity contribution is 7.89. The molecule has 0 heterocycles. The largest absolute Gasteiger partial charge is 0.316 e. The van der Waals surface area contributed by atoms with Crippen LogP contribution in [-0.2, 0) is 16.6 Å². The Kier molecular flexibility index (Phi) is 4.63. The average molecular weight is 335 g/mol. The fourth-order valence-electron chi connectivity index (χ4n) is 2.42. The minimum Gasteiger partial charge on any atom is -0.316 e. The SMILES string of the molecule is CNCc1cc(Cl)cc(S(=O)(=O)NC(C)(C)C2CC2)c1F. The van der Waals surface area contributed by atoms with Gasteiger partial charge in [-0.05, 0) is 51.8 Å². The van der Waals surface area contributed by atoms with Crippen LogP contribution in [0.15, 0.2) is 17.0 Å². The van der Waals surface area contributed by atoms with E-state index in [1.165, 1.54) is 6.07 Å².